The second kappa shape index (κ2) is 6.89. The number of nitrogens with zero attached hydrogens (tertiary/aromatic N) is 3. The topological polar surface area (TPSA) is 92.1 Å². The van der Waals surface area contributed by atoms with Crippen LogP contribution in [0.5, 0.6) is 0 Å². The van der Waals surface area contributed by atoms with Crippen molar-refractivity contribution in [1.82, 2.24) is 25.4 Å². The summed E-state index contributed by atoms with van der Waals surface area (Å²) in [4.78, 5) is 12.2. The van der Waals surface area contributed by atoms with Crippen molar-refractivity contribution in [3.05, 3.63) is 42.5 Å². The fourth-order valence-electron chi connectivity index (χ4n) is 2.76. The van der Waals surface area contributed by atoms with Crippen molar-refractivity contribution in [2.75, 3.05) is 19.6 Å². The van der Waals surface area contributed by atoms with E-state index in [2.05, 4.69) is 20.8 Å². The average molecular weight is 315 g/mol. The van der Waals surface area contributed by atoms with E-state index in [1.165, 1.54) is 0 Å². The van der Waals surface area contributed by atoms with Gasteiger partial charge in [-0.3, -0.25) is 9.36 Å². The maximum absolute atomic E-state index is 12.2. The fraction of sp³-hybridized carbons (Fsp3) is 0.438. The number of nitrogens with one attached hydrogen (secondary N) is 2. The molecule has 3 rings (SSSR count). The molecule has 7 nitrogen and oxygen atoms in total. The molecule has 7 heteroatoms. The Balaban J connectivity index is 1.59. The van der Waals surface area contributed by atoms with Gasteiger partial charge in [0.2, 0.25) is 0 Å². The van der Waals surface area contributed by atoms with E-state index >= 15 is 0 Å². The molecule has 23 heavy (non-hydrogen) atoms. The molecule has 122 valence electrons. The van der Waals surface area contributed by atoms with E-state index in [1.807, 2.05) is 12.1 Å². The Morgan fingerprint density at radius 2 is 1.96 bits per heavy atom. The van der Waals surface area contributed by atoms with E-state index in [4.69, 9.17) is 0 Å². The van der Waals surface area contributed by atoms with Crippen molar-refractivity contribution in [2.24, 2.45) is 0 Å². The van der Waals surface area contributed by atoms with Crippen molar-refractivity contribution in [1.29, 1.82) is 0 Å². The van der Waals surface area contributed by atoms with Crippen LogP contribution in [-0.4, -0.2) is 51.0 Å². The van der Waals surface area contributed by atoms with Crippen molar-refractivity contribution in [3.8, 4) is 5.69 Å². The van der Waals surface area contributed by atoms with E-state index < -0.39 is 5.60 Å². The average Bonchev–Trinajstić information content (AvgIpc) is 3.02. The monoisotopic (exact) mass is 315 g/mol. The maximum Gasteiger partial charge on any atom is 0.251 e. The number of benzene rings is 1. The molecule has 0 saturated carbocycles. The molecule has 2 heterocycles. The molecule has 0 aliphatic carbocycles. The van der Waals surface area contributed by atoms with Gasteiger partial charge in [-0.15, -0.1) is 10.2 Å². The highest BCUT2D eigenvalue weighted by Crippen LogP contribution is 2.18. The third kappa shape index (κ3) is 3.94. The van der Waals surface area contributed by atoms with E-state index in [0.29, 0.717) is 18.4 Å². The van der Waals surface area contributed by atoms with E-state index in [-0.39, 0.29) is 12.5 Å². The van der Waals surface area contributed by atoms with Crippen LogP contribution in [0.15, 0.2) is 36.9 Å². The quantitative estimate of drug-likeness (QED) is 0.764. The van der Waals surface area contributed by atoms with Gasteiger partial charge in [0.1, 0.15) is 12.7 Å². The molecule has 2 aromatic rings. The van der Waals surface area contributed by atoms with E-state index in [9.17, 15) is 9.90 Å². The number of hydrogen-bond acceptors (Lipinski definition) is 5. The van der Waals surface area contributed by atoms with Gasteiger partial charge in [-0.05, 0) is 56.6 Å². The zero-order valence-corrected chi connectivity index (χ0v) is 12.9. The molecule has 0 radical (unpaired) electrons. The molecule has 0 spiro atoms. The second-order valence-electron chi connectivity index (χ2n) is 5.93. The lowest BCUT2D eigenvalue weighted by Gasteiger charge is -2.26. The van der Waals surface area contributed by atoms with Crippen LogP contribution in [0.3, 0.4) is 0 Å². The Bertz CT molecular complexity index is 631. The molecule has 1 aliphatic rings. The lowest BCUT2D eigenvalue weighted by atomic mass is 9.95. The summed E-state index contributed by atoms with van der Waals surface area (Å²) in [5.41, 5.74) is 0.638. The van der Waals surface area contributed by atoms with Crippen LogP contribution in [0.25, 0.3) is 5.69 Å². The number of aromatic nitrogens is 3. The summed E-state index contributed by atoms with van der Waals surface area (Å²) in [5.74, 6) is -0.175. The zero-order chi connectivity index (χ0) is 16.1. The van der Waals surface area contributed by atoms with Crippen LogP contribution in [0, 0.1) is 0 Å². The summed E-state index contributed by atoms with van der Waals surface area (Å²) in [7, 11) is 0. The summed E-state index contributed by atoms with van der Waals surface area (Å²) < 4.78 is 1.77. The first-order chi connectivity index (χ1) is 11.2. The molecule has 1 aromatic heterocycles. The predicted octanol–water partition coefficient (Wildman–Crippen LogP) is 0.502. The summed E-state index contributed by atoms with van der Waals surface area (Å²) in [5, 5.41) is 24.2. The number of amides is 1. The van der Waals surface area contributed by atoms with Gasteiger partial charge < -0.3 is 15.7 Å². The minimum Gasteiger partial charge on any atom is -0.388 e. The molecule has 1 fully saturated rings. The van der Waals surface area contributed by atoms with Gasteiger partial charge in [0.15, 0.2) is 0 Å². The fourth-order valence-corrected chi connectivity index (χ4v) is 2.76. The number of carbonyl (C=O) groups is 1. The number of rotatable bonds is 4. The van der Waals surface area contributed by atoms with Crippen LogP contribution in [0.1, 0.15) is 29.6 Å². The molecular formula is C16H21N5O2. The van der Waals surface area contributed by atoms with Crippen molar-refractivity contribution < 1.29 is 9.90 Å². The summed E-state index contributed by atoms with van der Waals surface area (Å²) in [6.45, 7) is 1.97. The maximum atomic E-state index is 12.2. The van der Waals surface area contributed by atoms with Gasteiger partial charge in [-0.25, -0.2) is 0 Å². The van der Waals surface area contributed by atoms with Gasteiger partial charge in [0, 0.05) is 17.8 Å². The first-order valence-electron chi connectivity index (χ1n) is 7.83. The number of hydrogen-bond donors (Lipinski definition) is 3. The highest BCUT2D eigenvalue weighted by Gasteiger charge is 2.28. The number of aliphatic hydroxyl groups is 1. The van der Waals surface area contributed by atoms with Crippen LogP contribution in [0.2, 0.25) is 0 Å². The van der Waals surface area contributed by atoms with E-state index in [0.717, 1.165) is 25.2 Å². The van der Waals surface area contributed by atoms with Crippen LogP contribution in [0.4, 0.5) is 0 Å². The minimum absolute atomic E-state index is 0.175. The molecule has 1 aromatic carbocycles. The normalized spacial score (nSPS) is 21.6. The van der Waals surface area contributed by atoms with Crippen LogP contribution >= 0.6 is 0 Å². The SMILES string of the molecule is O=C(NC[C@]1(O)CCCNCC1)c1ccc(-n2cnnc2)cc1. The van der Waals surface area contributed by atoms with Gasteiger partial charge in [-0.1, -0.05) is 0 Å². The Morgan fingerprint density at radius 1 is 1.22 bits per heavy atom. The third-order valence-electron chi connectivity index (χ3n) is 4.19. The summed E-state index contributed by atoms with van der Waals surface area (Å²) >= 11 is 0. The minimum atomic E-state index is -0.818. The van der Waals surface area contributed by atoms with Crippen LogP contribution in [-0.2, 0) is 0 Å². The highest BCUT2D eigenvalue weighted by molar-refractivity contribution is 5.94. The Morgan fingerprint density at radius 3 is 2.70 bits per heavy atom. The summed E-state index contributed by atoms with van der Waals surface area (Å²) in [6, 6.07) is 7.18. The van der Waals surface area contributed by atoms with Crippen molar-refractivity contribution in [3.63, 3.8) is 0 Å². The van der Waals surface area contributed by atoms with Crippen molar-refractivity contribution in [2.45, 2.75) is 24.9 Å². The molecule has 1 atom stereocenters. The van der Waals surface area contributed by atoms with E-state index in [1.54, 1.807) is 29.4 Å². The second-order valence-corrected chi connectivity index (χ2v) is 5.93. The van der Waals surface area contributed by atoms with Gasteiger partial charge in [-0.2, -0.15) is 0 Å². The van der Waals surface area contributed by atoms with Gasteiger partial charge >= 0.3 is 0 Å². The molecule has 1 amide bonds. The lowest BCUT2D eigenvalue weighted by Crippen LogP contribution is -2.43. The Hall–Kier alpha value is -2.25. The lowest BCUT2D eigenvalue weighted by molar-refractivity contribution is 0.0276. The molecule has 0 unspecified atom stereocenters. The molecule has 1 saturated heterocycles. The highest BCUT2D eigenvalue weighted by atomic mass is 16.3. The third-order valence-corrected chi connectivity index (χ3v) is 4.19. The Labute approximate surface area is 134 Å². The molecule has 3 N–H and O–H groups in total. The summed E-state index contributed by atoms with van der Waals surface area (Å²) in [6.07, 6.45) is 5.47. The number of carbonyl (C=O) groups excluding carboxylic acids is 1. The van der Waals surface area contributed by atoms with Gasteiger partial charge in [0.05, 0.1) is 5.60 Å². The zero-order valence-electron chi connectivity index (χ0n) is 12.9. The first-order valence-corrected chi connectivity index (χ1v) is 7.83. The predicted molar refractivity (Wildman–Crippen MR) is 85.4 cm³/mol. The molecule has 0 bridgehead atoms. The van der Waals surface area contributed by atoms with Crippen molar-refractivity contribution >= 4 is 5.91 Å². The van der Waals surface area contributed by atoms with Gasteiger partial charge in [0.25, 0.3) is 5.91 Å². The smallest absolute Gasteiger partial charge is 0.251 e. The first kappa shape index (κ1) is 15.6. The molecular weight excluding hydrogens is 294 g/mol. The Kier molecular flexibility index (Phi) is 4.68. The molecule has 1 aliphatic heterocycles. The standard InChI is InChI=1S/C16H21N5O2/c22-15(18-10-16(23)6-1-8-17-9-7-16)13-2-4-14(5-3-13)21-11-19-20-12-21/h2-5,11-12,17,23H,1,6-10H2,(H,18,22)/t16-/m0/s1. The largest absolute Gasteiger partial charge is 0.388 e. The van der Waals surface area contributed by atoms with Crippen LogP contribution < -0.4 is 10.6 Å².